The van der Waals surface area contributed by atoms with Gasteiger partial charge in [-0.15, -0.1) is 0 Å². The van der Waals surface area contributed by atoms with Crippen molar-refractivity contribution in [3.63, 3.8) is 0 Å². The van der Waals surface area contributed by atoms with Crippen molar-refractivity contribution in [2.45, 2.75) is 19.9 Å². The lowest BCUT2D eigenvalue weighted by Gasteiger charge is -2.10. The van der Waals surface area contributed by atoms with E-state index in [-0.39, 0.29) is 6.79 Å². The van der Waals surface area contributed by atoms with Crippen molar-refractivity contribution in [2.24, 2.45) is 0 Å². The van der Waals surface area contributed by atoms with Crippen LogP contribution in [0.5, 0.6) is 11.5 Å². The van der Waals surface area contributed by atoms with Crippen molar-refractivity contribution in [2.75, 3.05) is 37.7 Å². The summed E-state index contributed by atoms with van der Waals surface area (Å²) in [6.07, 6.45) is 0.930. The fourth-order valence-electron chi connectivity index (χ4n) is 2.40. The van der Waals surface area contributed by atoms with E-state index in [1.165, 1.54) is 0 Å². The van der Waals surface area contributed by atoms with Crippen LogP contribution in [0, 0.1) is 6.92 Å². The molecule has 1 aliphatic rings. The molecule has 24 heavy (non-hydrogen) atoms. The first-order valence-electron chi connectivity index (χ1n) is 7.95. The van der Waals surface area contributed by atoms with E-state index in [9.17, 15) is 0 Å². The Balaban J connectivity index is 1.59. The zero-order chi connectivity index (χ0) is 16.8. The first-order valence-corrected chi connectivity index (χ1v) is 7.95. The molecule has 0 bridgehead atoms. The normalized spacial score (nSPS) is 12.2. The first kappa shape index (κ1) is 16.3. The molecule has 1 aliphatic heterocycles. The van der Waals surface area contributed by atoms with E-state index in [4.69, 9.17) is 14.2 Å². The molecule has 3 rings (SSSR count). The summed E-state index contributed by atoms with van der Waals surface area (Å²) in [7, 11) is 1.70. The topological polar surface area (TPSA) is 77.5 Å². The van der Waals surface area contributed by atoms with Gasteiger partial charge in [-0.2, -0.15) is 4.98 Å². The third kappa shape index (κ3) is 4.26. The molecule has 2 heterocycles. The summed E-state index contributed by atoms with van der Waals surface area (Å²) in [5.74, 6) is 2.97. The van der Waals surface area contributed by atoms with Gasteiger partial charge in [-0.1, -0.05) is 6.07 Å². The third-order valence-electron chi connectivity index (χ3n) is 3.57. The maximum absolute atomic E-state index is 5.39. The molecule has 128 valence electrons. The zero-order valence-corrected chi connectivity index (χ0v) is 14.0. The van der Waals surface area contributed by atoms with Crippen LogP contribution >= 0.6 is 0 Å². The minimum absolute atomic E-state index is 0.283. The molecule has 2 aromatic rings. The van der Waals surface area contributed by atoms with Crippen molar-refractivity contribution in [1.29, 1.82) is 0 Å². The molecule has 0 aliphatic carbocycles. The van der Waals surface area contributed by atoms with Crippen LogP contribution in [0.25, 0.3) is 0 Å². The molecule has 0 radical (unpaired) electrons. The Bertz CT molecular complexity index is 694. The molecule has 0 fully saturated rings. The number of nitrogens with one attached hydrogen (secondary N) is 2. The summed E-state index contributed by atoms with van der Waals surface area (Å²) in [5, 5.41) is 6.54. The van der Waals surface area contributed by atoms with Crippen molar-refractivity contribution in [3.8, 4) is 11.5 Å². The highest BCUT2D eigenvalue weighted by Gasteiger charge is 2.13. The number of benzene rings is 1. The highest BCUT2D eigenvalue weighted by Crippen LogP contribution is 2.32. The predicted molar refractivity (Wildman–Crippen MR) is 91.6 cm³/mol. The van der Waals surface area contributed by atoms with Gasteiger partial charge < -0.3 is 24.8 Å². The van der Waals surface area contributed by atoms with Gasteiger partial charge in [0.05, 0.1) is 0 Å². The van der Waals surface area contributed by atoms with Crippen LogP contribution in [-0.2, 0) is 11.3 Å². The van der Waals surface area contributed by atoms with Crippen molar-refractivity contribution < 1.29 is 14.2 Å². The molecule has 0 atom stereocenters. The molecule has 0 unspecified atom stereocenters. The molecular formula is C17H22N4O3. The second-order valence-electron chi connectivity index (χ2n) is 5.53. The lowest BCUT2D eigenvalue weighted by molar-refractivity contribution is 0.174. The number of aromatic nitrogens is 2. The van der Waals surface area contributed by atoms with Gasteiger partial charge in [0.15, 0.2) is 11.5 Å². The molecule has 0 saturated carbocycles. The number of rotatable bonds is 8. The van der Waals surface area contributed by atoms with Crippen LogP contribution < -0.4 is 20.1 Å². The van der Waals surface area contributed by atoms with Gasteiger partial charge in [0.2, 0.25) is 12.7 Å². The van der Waals surface area contributed by atoms with Gasteiger partial charge in [-0.3, -0.25) is 0 Å². The molecule has 1 aromatic carbocycles. The first-order chi connectivity index (χ1) is 11.7. The van der Waals surface area contributed by atoms with Gasteiger partial charge in [-0.05, 0) is 31.0 Å². The summed E-state index contributed by atoms with van der Waals surface area (Å²) >= 11 is 0. The van der Waals surface area contributed by atoms with Crippen LogP contribution in [0.3, 0.4) is 0 Å². The van der Waals surface area contributed by atoms with Gasteiger partial charge in [0.25, 0.3) is 0 Å². The average molecular weight is 330 g/mol. The largest absolute Gasteiger partial charge is 0.454 e. The van der Waals surface area contributed by atoms with Crippen molar-refractivity contribution in [1.82, 2.24) is 9.97 Å². The fourth-order valence-corrected chi connectivity index (χ4v) is 2.40. The Morgan fingerprint density at radius 3 is 2.88 bits per heavy atom. The fraction of sp³-hybridized carbons (Fsp3) is 0.412. The molecule has 0 amide bonds. The van der Waals surface area contributed by atoms with E-state index in [1.807, 2.05) is 31.2 Å². The minimum Gasteiger partial charge on any atom is -0.454 e. The molecule has 1 aromatic heterocycles. The number of hydrogen-bond donors (Lipinski definition) is 2. The minimum atomic E-state index is 0.283. The van der Waals surface area contributed by atoms with E-state index >= 15 is 0 Å². The van der Waals surface area contributed by atoms with E-state index in [0.29, 0.717) is 12.5 Å². The van der Waals surface area contributed by atoms with E-state index in [0.717, 1.165) is 48.1 Å². The molecule has 7 heteroatoms. The maximum atomic E-state index is 5.39. The number of fused-ring (bicyclic) bond motifs is 1. The summed E-state index contributed by atoms with van der Waals surface area (Å²) in [5.41, 5.74) is 1.99. The van der Waals surface area contributed by atoms with Crippen LogP contribution in [0.15, 0.2) is 24.3 Å². The van der Waals surface area contributed by atoms with Gasteiger partial charge in [-0.25, -0.2) is 4.98 Å². The number of anilines is 2. The average Bonchev–Trinajstić information content (AvgIpc) is 3.04. The summed E-state index contributed by atoms with van der Waals surface area (Å²) < 4.78 is 15.8. The molecular weight excluding hydrogens is 308 g/mol. The second-order valence-corrected chi connectivity index (χ2v) is 5.53. The Morgan fingerprint density at radius 2 is 2.00 bits per heavy atom. The predicted octanol–water partition coefficient (Wildman–Crippen LogP) is 2.57. The van der Waals surface area contributed by atoms with E-state index < -0.39 is 0 Å². The molecule has 0 spiro atoms. The third-order valence-corrected chi connectivity index (χ3v) is 3.57. The maximum Gasteiger partial charge on any atom is 0.231 e. The number of hydrogen-bond acceptors (Lipinski definition) is 7. The summed E-state index contributed by atoms with van der Waals surface area (Å²) in [4.78, 5) is 8.91. The standard InChI is InChI=1S/C17H22N4O3/c1-12-8-16(18-6-3-7-22-2)21-17(20-12)19-10-13-4-5-14-15(9-13)24-11-23-14/h4-5,8-9H,3,6-7,10-11H2,1-2H3,(H2,18,19,20,21). The SMILES string of the molecule is COCCCNc1cc(C)nc(NCc2ccc3c(c2)OCO3)n1. The monoisotopic (exact) mass is 330 g/mol. The molecule has 0 saturated heterocycles. The Hall–Kier alpha value is -2.54. The highest BCUT2D eigenvalue weighted by atomic mass is 16.7. The number of methoxy groups -OCH3 is 1. The zero-order valence-electron chi connectivity index (χ0n) is 14.0. The number of aryl methyl sites for hydroxylation is 1. The van der Waals surface area contributed by atoms with Crippen molar-refractivity contribution in [3.05, 3.63) is 35.5 Å². The number of nitrogens with zero attached hydrogens (tertiary/aromatic N) is 2. The quantitative estimate of drug-likeness (QED) is 0.720. The van der Waals surface area contributed by atoms with Crippen LogP contribution in [0.1, 0.15) is 17.7 Å². The molecule has 2 N–H and O–H groups in total. The highest BCUT2D eigenvalue weighted by molar-refractivity contribution is 5.46. The van der Waals surface area contributed by atoms with Crippen molar-refractivity contribution >= 4 is 11.8 Å². The smallest absolute Gasteiger partial charge is 0.231 e. The van der Waals surface area contributed by atoms with Gasteiger partial charge >= 0.3 is 0 Å². The lowest BCUT2D eigenvalue weighted by Crippen LogP contribution is -2.10. The summed E-state index contributed by atoms with van der Waals surface area (Å²) in [6, 6.07) is 7.81. The van der Waals surface area contributed by atoms with Crippen LogP contribution in [0.2, 0.25) is 0 Å². The van der Waals surface area contributed by atoms with Crippen LogP contribution in [0.4, 0.5) is 11.8 Å². The van der Waals surface area contributed by atoms with Gasteiger partial charge in [0, 0.05) is 38.6 Å². The second kappa shape index (κ2) is 7.83. The van der Waals surface area contributed by atoms with E-state index in [2.05, 4.69) is 20.6 Å². The Morgan fingerprint density at radius 1 is 1.12 bits per heavy atom. The lowest BCUT2D eigenvalue weighted by atomic mass is 10.2. The summed E-state index contributed by atoms with van der Waals surface area (Å²) in [6.45, 7) is 4.39. The van der Waals surface area contributed by atoms with E-state index in [1.54, 1.807) is 7.11 Å². The van der Waals surface area contributed by atoms with Gasteiger partial charge in [0.1, 0.15) is 5.82 Å². The Labute approximate surface area is 141 Å². The van der Waals surface area contributed by atoms with Crippen LogP contribution in [-0.4, -0.2) is 37.0 Å². The Kier molecular flexibility index (Phi) is 5.32. The number of ether oxygens (including phenoxy) is 3. The molecule has 7 nitrogen and oxygen atoms in total.